The van der Waals surface area contributed by atoms with E-state index >= 15 is 0 Å². The summed E-state index contributed by atoms with van der Waals surface area (Å²) in [6, 6.07) is 0. The molecule has 0 amide bonds. The van der Waals surface area contributed by atoms with E-state index in [1.807, 2.05) is 27.7 Å². The van der Waals surface area contributed by atoms with E-state index in [0.717, 1.165) is 51.4 Å². The Hall–Kier alpha value is 1.61. The standard InChI is InChI=1S/4C4H9O.2Zr/c4*1-2-3-4-5;;/h4*2-4H2,1H3;;/q4*-1;2*+2. The van der Waals surface area contributed by atoms with Crippen LogP contribution in [0.2, 0.25) is 0 Å². The first-order chi connectivity index (χ1) is 9.66. The molecule has 0 aliphatic rings. The van der Waals surface area contributed by atoms with E-state index < -0.39 is 0 Å². The predicted molar refractivity (Wildman–Crippen MR) is 79.1 cm³/mol. The van der Waals surface area contributed by atoms with Crippen LogP contribution in [0, 0.1) is 0 Å². The molecule has 0 fully saturated rings. The van der Waals surface area contributed by atoms with Gasteiger partial charge in [-0.25, -0.2) is 0 Å². The van der Waals surface area contributed by atoms with Crippen molar-refractivity contribution in [1.82, 2.24) is 0 Å². The zero-order valence-electron chi connectivity index (χ0n) is 15.1. The maximum absolute atomic E-state index is 9.53. The van der Waals surface area contributed by atoms with Crippen molar-refractivity contribution in [3.63, 3.8) is 0 Å². The second-order valence-corrected chi connectivity index (χ2v) is 4.23. The van der Waals surface area contributed by atoms with Crippen LogP contribution in [-0.2, 0) is 52.4 Å². The summed E-state index contributed by atoms with van der Waals surface area (Å²) in [4.78, 5) is 0. The van der Waals surface area contributed by atoms with E-state index in [1.165, 1.54) is 0 Å². The number of rotatable bonds is 8. The SMILES string of the molecule is CCCC[O-].CCCC[O-].CCCC[O-].CCCC[O-].[Zr+2].[Zr+2]. The van der Waals surface area contributed by atoms with Crippen LogP contribution in [-0.4, -0.2) is 26.4 Å². The van der Waals surface area contributed by atoms with Crippen molar-refractivity contribution in [2.45, 2.75) is 79.1 Å². The van der Waals surface area contributed by atoms with Crippen molar-refractivity contribution in [2.75, 3.05) is 26.4 Å². The Balaban J connectivity index is -0.0000000376. The first-order valence-corrected chi connectivity index (χ1v) is 7.98. The van der Waals surface area contributed by atoms with Gasteiger partial charge in [0.2, 0.25) is 0 Å². The van der Waals surface area contributed by atoms with Crippen molar-refractivity contribution < 1.29 is 72.8 Å². The van der Waals surface area contributed by atoms with Gasteiger partial charge in [0, 0.05) is 0 Å². The zero-order chi connectivity index (χ0) is 16.5. The third kappa shape index (κ3) is 99.4. The summed E-state index contributed by atoms with van der Waals surface area (Å²) in [6.07, 6.45) is 7.46. The van der Waals surface area contributed by atoms with E-state index in [-0.39, 0.29) is 78.8 Å². The molecule has 0 saturated carbocycles. The molecular formula is C16H36O4Zr2. The van der Waals surface area contributed by atoms with Crippen LogP contribution in [0.1, 0.15) is 79.1 Å². The fraction of sp³-hybridized carbons (Fsp3) is 1.00. The van der Waals surface area contributed by atoms with Gasteiger partial charge >= 0.3 is 52.4 Å². The summed E-state index contributed by atoms with van der Waals surface area (Å²) in [7, 11) is 0. The maximum Gasteiger partial charge on any atom is 2.00 e. The summed E-state index contributed by atoms with van der Waals surface area (Å²) in [5.41, 5.74) is 0. The Kier molecular flexibility index (Phi) is 101. The topological polar surface area (TPSA) is 92.2 Å². The Morgan fingerprint density at radius 2 is 0.545 bits per heavy atom. The van der Waals surface area contributed by atoms with Crippen LogP contribution in [0.15, 0.2) is 0 Å². The molecule has 22 heavy (non-hydrogen) atoms. The number of unbranched alkanes of at least 4 members (excludes halogenated alkanes) is 4. The third-order valence-electron chi connectivity index (χ3n) is 1.99. The summed E-state index contributed by atoms with van der Waals surface area (Å²) in [5.74, 6) is 0. The van der Waals surface area contributed by atoms with E-state index in [1.54, 1.807) is 0 Å². The molecule has 0 aliphatic heterocycles. The molecule has 0 N–H and O–H groups in total. The number of hydrogen-bond acceptors (Lipinski definition) is 4. The molecule has 0 spiro atoms. The maximum atomic E-state index is 9.53. The molecular weight excluding hydrogens is 439 g/mol. The van der Waals surface area contributed by atoms with Crippen LogP contribution in [0.25, 0.3) is 0 Å². The zero-order valence-corrected chi connectivity index (χ0v) is 20.0. The Bertz CT molecular complexity index is 78.1. The third-order valence-corrected chi connectivity index (χ3v) is 1.99. The minimum absolute atomic E-state index is 0. The molecule has 0 aliphatic carbocycles. The van der Waals surface area contributed by atoms with Crippen molar-refractivity contribution in [2.24, 2.45) is 0 Å². The molecule has 0 saturated heterocycles. The summed E-state index contributed by atoms with van der Waals surface area (Å²) in [6.45, 7) is 8.42. The Morgan fingerprint density at radius 3 is 0.545 bits per heavy atom. The molecule has 0 radical (unpaired) electrons. The molecule has 0 rings (SSSR count). The fourth-order valence-corrected chi connectivity index (χ4v) is 0.577. The summed E-state index contributed by atoms with van der Waals surface area (Å²) in [5, 5.41) is 38.1. The van der Waals surface area contributed by atoms with Gasteiger partial charge in [-0.3, -0.25) is 0 Å². The molecule has 0 atom stereocenters. The van der Waals surface area contributed by atoms with Crippen molar-refractivity contribution >= 4 is 0 Å². The van der Waals surface area contributed by atoms with Gasteiger partial charge in [-0.05, 0) is 0 Å². The quantitative estimate of drug-likeness (QED) is 0.514. The van der Waals surface area contributed by atoms with Gasteiger partial charge in [-0.2, -0.15) is 0 Å². The van der Waals surface area contributed by atoms with Crippen molar-refractivity contribution in [3.8, 4) is 0 Å². The van der Waals surface area contributed by atoms with Gasteiger partial charge < -0.3 is 20.4 Å². The van der Waals surface area contributed by atoms with E-state index in [2.05, 4.69) is 0 Å². The molecule has 0 heterocycles. The fourth-order valence-electron chi connectivity index (χ4n) is 0.577. The normalized spacial score (nSPS) is 7.64. The molecule has 132 valence electrons. The van der Waals surface area contributed by atoms with Gasteiger partial charge in [-0.15, -0.1) is 26.4 Å². The van der Waals surface area contributed by atoms with Crippen LogP contribution in [0.3, 0.4) is 0 Å². The molecule has 0 bridgehead atoms. The molecule has 0 aromatic heterocycles. The Morgan fingerprint density at radius 1 is 0.409 bits per heavy atom. The second kappa shape index (κ2) is 57.0. The average molecular weight is 475 g/mol. The molecule has 0 aromatic rings. The van der Waals surface area contributed by atoms with Gasteiger partial charge in [0.05, 0.1) is 0 Å². The largest absolute Gasteiger partial charge is 2.00 e. The monoisotopic (exact) mass is 472 g/mol. The summed E-state index contributed by atoms with van der Waals surface area (Å²) < 4.78 is 0. The first-order valence-electron chi connectivity index (χ1n) is 7.98. The second-order valence-electron chi connectivity index (χ2n) is 4.23. The van der Waals surface area contributed by atoms with Gasteiger partial charge in [-0.1, -0.05) is 79.1 Å². The van der Waals surface area contributed by atoms with Crippen LogP contribution < -0.4 is 20.4 Å². The average Bonchev–Trinajstić information content (AvgIpc) is 2.44. The van der Waals surface area contributed by atoms with E-state index in [9.17, 15) is 20.4 Å². The van der Waals surface area contributed by atoms with Crippen LogP contribution in [0.5, 0.6) is 0 Å². The molecule has 0 aromatic carbocycles. The molecule has 4 nitrogen and oxygen atoms in total. The number of hydrogen-bond donors (Lipinski definition) is 0. The van der Waals surface area contributed by atoms with Crippen molar-refractivity contribution in [3.05, 3.63) is 0 Å². The molecule has 0 unspecified atom stereocenters. The molecule has 6 heteroatoms. The van der Waals surface area contributed by atoms with E-state index in [4.69, 9.17) is 0 Å². The smallest absolute Gasteiger partial charge is 0.854 e. The van der Waals surface area contributed by atoms with Crippen LogP contribution in [0.4, 0.5) is 0 Å². The van der Waals surface area contributed by atoms with Gasteiger partial charge in [0.1, 0.15) is 0 Å². The predicted octanol–water partition coefficient (Wildman–Crippen LogP) is 0.582. The van der Waals surface area contributed by atoms with Crippen molar-refractivity contribution in [1.29, 1.82) is 0 Å². The minimum Gasteiger partial charge on any atom is -0.854 e. The van der Waals surface area contributed by atoms with Gasteiger partial charge in [0.15, 0.2) is 0 Å². The first kappa shape index (κ1) is 38.9. The van der Waals surface area contributed by atoms with Crippen LogP contribution >= 0.6 is 0 Å². The summed E-state index contributed by atoms with van der Waals surface area (Å²) >= 11 is 0. The minimum atomic E-state index is 0. The Labute approximate surface area is 177 Å². The van der Waals surface area contributed by atoms with Gasteiger partial charge in [0.25, 0.3) is 0 Å². The van der Waals surface area contributed by atoms with E-state index in [0.29, 0.717) is 0 Å².